The molecule has 4 rings (SSSR count). The van der Waals surface area contributed by atoms with Gasteiger partial charge in [0, 0.05) is 36.9 Å². The molecule has 4 heteroatoms. The average Bonchev–Trinajstić information content (AvgIpc) is 2.97. The summed E-state index contributed by atoms with van der Waals surface area (Å²) in [5.41, 5.74) is 3.95. The third-order valence-electron chi connectivity index (χ3n) is 3.85. The van der Waals surface area contributed by atoms with Crippen LogP contribution in [0.4, 0.5) is 5.69 Å². The maximum atomic E-state index is 4.61. The standard InChI is InChI=1S/C18H16N4/c1-22(2)16-11-13(10-12-6-3-4-7-14(12)16)17-20-15-8-5-9-19-18(15)21-17/h3-11H,1-2H3,(H,19,20,21). The molecule has 0 saturated carbocycles. The van der Waals surface area contributed by atoms with E-state index in [-0.39, 0.29) is 0 Å². The molecule has 0 radical (unpaired) electrons. The molecule has 4 nitrogen and oxygen atoms in total. The minimum Gasteiger partial charge on any atom is -0.377 e. The molecule has 2 aromatic carbocycles. The quantitative estimate of drug-likeness (QED) is 0.609. The van der Waals surface area contributed by atoms with E-state index in [1.54, 1.807) is 6.20 Å². The van der Waals surface area contributed by atoms with Gasteiger partial charge in [0.15, 0.2) is 5.65 Å². The number of nitrogens with one attached hydrogen (secondary N) is 1. The van der Waals surface area contributed by atoms with Gasteiger partial charge in [0.1, 0.15) is 5.82 Å². The Kier molecular flexibility index (Phi) is 2.82. The van der Waals surface area contributed by atoms with Crippen LogP contribution in [0.25, 0.3) is 33.3 Å². The largest absolute Gasteiger partial charge is 0.377 e. The molecule has 2 aromatic heterocycles. The summed E-state index contributed by atoms with van der Waals surface area (Å²) in [4.78, 5) is 14.4. The highest BCUT2D eigenvalue weighted by Crippen LogP contribution is 2.31. The van der Waals surface area contributed by atoms with E-state index >= 15 is 0 Å². The predicted octanol–water partition coefficient (Wildman–Crippen LogP) is 3.84. The van der Waals surface area contributed by atoms with E-state index in [9.17, 15) is 0 Å². The number of rotatable bonds is 2. The summed E-state index contributed by atoms with van der Waals surface area (Å²) in [5.74, 6) is 0.850. The van der Waals surface area contributed by atoms with Crippen molar-refractivity contribution in [1.29, 1.82) is 0 Å². The molecule has 0 fully saturated rings. The summed E-state index contributed by atoms with van der Waals surface area (Å²) in [6.07, 6.45) is 1.76. The first-order valence-electron chi connectivity index (χ1n) is 7.23. The van der Waals surface area contributed by atoms with Crippen molar-refractivity contribution in [2.45, 2.75) is 0 Å². The Morgan fingerprint density at radius 1 is 1.00 bits per heavy atom. The minimum absolute atomic E-state index is 0.747. The minimum atomic E-state index is 0.747. The van der Waals surface area contributed by atoms with E-state index in [2.05, 4.69) is 70.3 Å². The number of hydrogen-bond acceptors (Lipinski definition) is 3. The Morgan fingerprint density at radius 2 is 1.86 bits per heavy atom. The number of fused-ring (bicyclic) bond motifs is 2. The van der Waals surface area contributed by atoms with Gasteiger partial charge in [-0.05, 0) is 29.7 Å². The van der Waals surface area contributed by atoms with Crippen LogP contribution in [0.3, 0.4) is 0 Å². The highest BCUT2D eigenvalue weighted by Gasteiger charge is 2.10. The lowest BCUT2D eigenvalue weighted by Gasteiger charge is -2.16. The average molecular weight is 288 g/mol. The number of benzene rings is 2. The summed E-state index contributed by atoms with van der Waals surface area (Å²) < 4.78 is 0. The Bertz CT molecular complexity index is 936. The molecule has 0 bridgehead atoms. The molecule has 0 unspecified atom stereocenters. The fourth-order valence-electron chi connectivity index (χ4n) is 2.78. The summed E-state index contributed by atoms with van der Waals surface area (Å²) >= 11 is 0. The van der Waals surface area contributed by atoms with Gasteiger partial charge in [-0.2, -0.15) is 0 Å². The number of anilines is 1. The summed E-state index contributed by atoms with van der Waals surface area (Å²) in [7, 11) is 4.12. The molecular weight excluding hydrogens is 272 g/mol. The van der Waals surface area contributed by atoms with Gasteiger partial charge in [0.05, 0.1) is 5.52 Å². The van der Waals surface area contributed by atoms with Crippen LogP contribution in [-0.4, -0.2) is 29.0 Å². The molecular formula is C18H16N4. The molecule has 22 heavy (non-hydrogen) atoms. The van der Waals surface area contributed by atoms with Gasteiger partial charge < -0.3 is 9.88 Å². The van der Waals surface area contributed by atoms with Gasteiger partial charge in [-0.15, -0.1) is 0 Å². The fourth-order valence-corrected chi connectivity index (χ4v) is 2.78. The molecule has 108 valence electrons. The number of imidazole rings is 1. The summed E-state index contributed by atoms with van der Waals surface area (Å²) in [5, 5.41) is 2.45. The molecule has 0 amide bonds. The molecule has 0 atom stereocenters. The van der Waals surface area contributed by atoms with Crippen LogP contribution >= 0.6 is 0 Å². The zero-order valence-electron chi connectivity index (χ0n) is 12.5. The Balaban J connectivity index is 1.98. The number of H-pyrrole nitrogens is 1. The van der Waals surface area contributed by atoms with Crippen molar-refractivity contribution >= 4 is 27.6 Å². The van der Waals surface area contributed by atoms with Crippen LogP contribution in [-0.2, 0) is 0 Å². The lowest BCUT2D eigenvalue weighted by atomic mass is 10.0. The van der Waals surface area contributed by atoms with E-state index in [0.717, 1.165) is 22.6 Å². The molecule has 0 aliphatic heterocycles. The van der Waals surface area contributed by atoms with Crippen LogP contribution in [0.2, 0.25) is 0 Å². The lowest BCUT2D eigenvalue weighted by molar-refractivity contribution is 1.14. The number of hydrogen-bond donors (Lipinski definition) is 1. The van der Waals surface area contributed by atoms with Crippen molar-refractivity contribution < 1.29 is 0 Å². The van der Waals surface area contributed by atoms with Crippen molar-refractivity contribution in [3.8, 4) is 11.4 Å². The third-order valence-corrected chi connectivity index (χ3v) is 3.85. The van der Waals surface area contributed by atoms with Gasteiger partial charge in [0.25, 0.3) is 0 Å². The zero-order valence-corrected chi connectivity index (χ0v) is 12.5. The van der Waals surface area contributed by atoms with Crippen molar-refractivity contribution in [1.82, 2.24) is 15.0 Å². The smallest absolute Gasteiger partial charge is 0.178 e. The molecule has 2 heterocycles. The van der Waals surface area contributed by atoms with Crippen LogP contribution in [0.5, 0.6) is 0 Å². The van der Waals surface area contributed by atoms with Gasteiger partial charge in [-0.3, -0.25) is 0 Å². The van der Waals surface area contributed by atoms with Gasteiger partial charge >= 0.3 is 0 Å². The van der Waals surface area contributed by atoms with E-state index in [4.69, 9.17) is 0 Å². The monoisotopic (exact) mass is 288 g/mol. The zero-order chi connectivity index (χ0) is 15.1. The van der Waals surface area contributed by atoms with Crippen LogP contribution in [0.15, 0.2) is 54.7 Å². The van der Waals surface area contributed by atoms with Crippen LogP contribution in [0.1, 0.15) is 0 Å². The SMILES string of the molecule is CN(C)c1cc(-c2nc3ncccc3[nH]2)cc2ccccc12. The predicted molar refractivity (Wildman–Crippen MR) is 91.2 cm³/mol. The lowest BCUT2D eigenvalue weighted by Crippen LogP contribution is -2.09. The van der Waals surface area contributed by atoms with Crippen LogP contribution in [0, 0.1) is 0 Å². The van der Waals surface area contributed by atoms with E-state index in [1.165, 1.54) is 16.5 Å². The Morgan fingerprint density at radius 3 is 2.68 bits per heavy atom. The second-order valence-electron chi connectivity index (χ2n) is 5.57. The Labute approximate surface area is 128 Å². The first-order chi connectivity index (χ1) is 10.7. The van der Waals surface area contributed by atoms with E-state index < -0.39 is 0 Å². The van der Waals surface area contributed by atoms with Crippen molar-refractivity contribution in [3.63, 3.8) is 0 Å². The van der Waals surface area contributed by atoms with Crippen LogP contribution < -0.4 is 4.90 Å². The topological polar surface area (TPSA) is 44.8 Å². The highest BCUT2D eigenvalue weighted by molar-refractivity contribution is 5.97. The summed E-state index contributed by atoms with van der Waals surface area (Å²) in [6.45, 7) is 0. The molecule has 0 saturated heterocycles. The number of nitrogens with zero attached hydrogens (tertiary/aromatic N) is 3. The van der Waals surface area contributed by atoms with E-state index in [0.29, 0.717) is 0 Å². The Hall–Kier alpha value is -2.88. The first-order valence-corrected chi connectivity index (χ1v) is 7.23. The highest BCUT2D eigenvalue weighted by atomic mass is 15.1. The number of aromatic nitrogens is 3. The van der Waals surface area contributed by atoms with Gasteiger partial charge in [-0.1, -0.05) is 24.3 Å². The third kappa shape index (κ3) is 2.00. The molecule has 0 aliphatic rings. The second kappa shape index (κ2) is 4.84. The second-order valence-corrected chi connectivity index (χ2v) is 5.57. The van der Waals surface area contributed by atoms with E-state index in [1.807, 2.05) is 12.1 Å². The van der Waals surface area contributed by atoms with Crippen molar-refractivity contribution in [2.24, 2.45) is 0 Å². The summed E-state index contributed by atoms with van der Waals surface area (Å²) in [6, 6.07) is 16.6. The molecule has 0 spiro atoms. The maximum Gasteiger partial charge on any atom is 0.178 e. The molecule has 0 aliphatic carbocycles. The number of aromatic amines is 1. The number of pyridine rings is 1. The normalized spacial score (nSPS) is 11.2. The molecule has 4 aromatic rings. The fraction of sp³-hybridized carbons (Fsp3) is 0.111. The first kappa shape index (κ1) is 12.8. The van der Waals surface area contributed by atoms with Gasteiger partial charge in [0.2, 0.25) is 0 Å². The van der Waals surface area contributed by atoms with Gasteiger partial charge in [-0.25, -0.2) is 9.97 Å². The molecule has 1 N–H and O–H groups in total. The van der Waals surface area contributed by atoms with Crippen molar-refractivity contribution in [2.75, 3.05) is 19.0 Å². The van der Waals surface area contributed by atoms with Crippen molar-refractivity contribution in [3.05, 3.63) is 54.7 Å². The maximum absolute atomic E-state index is 4.61.